The van der Waals surface area contributed by atoms with Crippen LogP contribution in [0.1, 0.15) is 5.56 Å². The standard InChI is InChI=1S/C13H14ClN3O/c1-10-8-16-13(18)17(9-10)7-6-15-12-5-3-2-4-11(12)14/h2-5,8-9,15H,6-7H2,1H3. The summed E-state index contributed by atoms with van der Waals surface area (Å²) in [7, 11) is 0. The van der Waals surface area contributed by atoms with Crippen molar-refractivity contribution in [1.82, 2.24) is 9.55 Å². The quantitative estimate of drug-likeness (QED) is 0.921. The summed E-state index contributed by atoms with van der Waals surface area (Å²) in [5.74, 6) is 0. The minimum Gasteiger partial charge on any atom is -0.382 e. The zero-order chi connectivity index (χ0) is 13.0. The molecule has 0 radical (unpaired) electrons. The van der Waals surface area contributed by atoms with Crippen LogP contribution in [0.5, 0.6) is 0 Å². The molecule has 0 spiro atoms. The van der Waals surface area contributed by atoms with E-state index in [4.69, 9.17) is 11.6 Å². The average Bonchev–Trinajstić information content (AvgIpc) is 2.36. The third-order valence-electron chi connectivity index (χ3n) is 2.53. The maximum Gasteiger partial charge on any atom is 0.347 e. The molecular weight excluding hydrogens is 250 g/mol. The predicted octanol–water partition coefficient (Wildman–Crippen LogP) is 2.32. The van der Waals surface area contributed by atoms with Crippen LogP contribution in [0.15, 0.2) is 41.5 Å². The van der Waals surface area contributed by atoms with Gasteiger partial charge in [0.2, 0.25) is 0 Å². The highest BCUT2D eigenvalue weighted by Gasteiger charge is 1.99. The lowest BCUT2D eigenvalue weighted by atomic mass is 10.3. The Morgan fingerprint density at radius 2 is 2.17 bits per heavy atom. The SMILES string of the molecule is Cc1cnc(=O)n(CCNc2ccccc2Cl)c1. The van der Waals surface area contributed by atoms with E-state index in [1.807, 2.05) is 31.2 Å². The highest BCUT2D eigenvalue weighted by Crippen LogP contribution is 2.19. The Morgan fingerprint density at radius 1 is 1.39 bits per heavy atom. The van der Waals surface area contributed by atoms with Crippen LogP contribution in [-0.2, 0) is 6.54 Å². The summed E-state index contributed by atoms with van der Waals surface area (Å²) >= 11 is 6.02. The van der Waals surface area contributed by atoms with Gasteiger partial charge in [0.05, 0.1) is 10.7 Å². The Kier molecular flexibility index (Phi) is 3.99. The molecule has 0 amide bonds. The lowest BCUT2D eigenvalue weighted by Crippen LogP contribution is -2.25. The molecule has 0 saturated heterocycles. The third kappa shape index (κ3) is 3.11. The van der Waals surface area contributed by atoms with Gasteiger partial charge in [-0.2, -0.15) is 0 Å². The normalized spacial score (nSPS) is 10.3. The Hall–Kier alpha value is -1.81. The largest absolute Gasteiger partial charge is 0.382 e. The fourth-order valence-corrected chi connectivity index (χ4v) is 1.84. The fourth-order valence-electron chi connectivity index (χ4n) is 1.64. The van der Waals surface area contributed by atoms with Gasteiger partial charge < -0.3 is 5.32 Å². The van der Waals surface area contributed by atoms with Gasteiger partial charge in [0.15, 0.2) is 0 Å². The molecule has 0 atom stereocenters. The van der Waals surface area contributed by atoms with Gasteiger partial charge in [-0.3, -0.25) is 4.57 Å². The van der Waals surface area contributed by atoms with Crippen LogP contribution >= 0.6 is 11.6 Å². The first-order chi connectivity index (χ1) is 8.66. The number of halogens is 1. The molecule has 2 rings (SSSR count). The average molecular weight is 264 g/mol. The number of hydrogen-bond donors (Lipinski definition) is 1. The van der Waals surface area contributed by atoms with Crippen LogP contribution in [0.3, 0.4) is 0 Å². The topological polar surface area (TPSA) is 46.9 Å². The highest BCUT2D eigenvalue weighted by atomic mass is 35.5. The number of hydrogen-bond acceptors (Lipinski definition) is 3. The summed E-state index contributed by atoms with van der Waals surface area (Å²) in [6.07, 6.45) is 3.37. The van der Waals surface area contributed by atoms with E-state index in [1.165, 1.54) is 0 Å². The summed E-state index contributed by atoms with van der Waals surface area (Å²) in [4.78, 5) is 15.3. The summed E-state index contributed by atoms with van der Waals surface area (Å²) in [5.41, 5.74) is 1.60. The fraction of sp³-hybridized carbons (Fsp3) is 0.231. The second-order valence-corrected chi connectivity index (χ2v) is 4.42. The molecule has 0 saturated carbocycles. The van der Waals surface area contributed by atoms with Gasteiger partial charge >= 0.3 is 5.69 Å². The van der Waals surface area contributed by atoms with Crippen molar-refractivity contribution < 1.29 is 0 Å². The Bertz CT molecular complexity index is 595. The van der Waals surface area contributed by atoms with Crippen molar-refractivity contribution in [3.8, 4) is 0 Å². The first kappa shape index (κ1) is 12.6. The van der Waals surface area contributed by atoms with Crippen LogP contribution in [0.25, 0.3) is 0 Å². The second kappa shape index (κ2) is 5.69. The molecule has 1 aromatic heterocycles. The molecule has 5 heteroatoms. The lowest BCUT2D eigenvalue weighted by Gasteiger charge is -2.09. The second-order valence-electron chi connectivity index (χ2n) is 4.01. The minimum absolute atomic E-state index is 0.235. The Labute approximate surface area is 110 Å². The van der Waals surface area contributed by atoms with Crippen molar-refractivity contribution in [1.29, 1.82) is 0 Å². The zero-order valence-corrected chi connectivity index (χ0v) is 10.8. The van der Waals surface area contributed by atoms with Gasteiger partial charge in [0.25, 0.3) is 0 Å². The molecular formula is C13H14ClN3O. The Balaban J connectivity index is 1.99. The van der Waals surface area contributed by atoms with Crippen molar-refractivity contribution in [2.45, 2.75) is 13.5 Å². The van der Waals surface area contributed by atoms with Gasteiger partial charge in [-0.1, -0.05) is 23.7 Å². The van der Waals surface area contributed by atoms with Crippen LogP contribution in [0, 0.1) is 6.92 Å². The van der Waals surface area contributed by atoms with E-state index in [0.717, 1.165) is 11.3 Å². The number of aryl methyl sites for hydroxylation is 1. The molecule has 94 valence electrons. The van der Waals surface area contributed by atoms with Crippen molar-refractivity contribution in [3.63, 3.8) is 0 Å². The van der Waals surface area contributed by atoms with Gasteiger partial charge in [0.1, 0.15) is 0 Å². The minimum atomic E-state index is -0.235. The maximum atomic E-state index is 11.5. The van der Waals surface area contributed by atoms with Gasteiger partial charge in [-0.05, 0) is 24.6 Å². The maximum absolute atomic E-state index is 11.5. The first-order valence-corrected chi connectivity index (χ1v) is 6.06. The number of para-hydroxylation sites is 1. The predicted molar refractivity (Wildman–Crippen MR) is 73.2 cm³/mol. The first-order valence-electron chi connectivity index (χ1n) is 5.68. The number of aromatic nitrogens is 2. The van der Waals surface area contributed by atoms with Crippen LogP contribution < -0.4 is 11.0 Å². The molecule has 4 nitrogen and oxygen atoms in total. The zero-order valence-electron chi connectivity index (χ0n) is 10.1. The molecule has 0 bridgehead atoms. The molecule has 1 aromatic carbocycles. The van der Waals surface area contributed by atoms with Gasteiger partial charge in [-0.25, -0.2) is 9.78 Å². The summed E-state index contributed by atoms with van der Waals surface area (Å²) < 4.78 is 1.58. The summed E-state index contributed by atoms with van der Waals surface area (Å²) in [5, 5.41) is 3.86. The van der Waals surface area contributed by atoms with E-state index < -0.39 is 0 Å². The molecule has 18 heavy (non-hydrogen) atoms. The van der Waals surface area contributed by atoms with Gasteiger partial charge in [0, 0.05) is 25.5 Å². The van der Waals surface area contributed by atoms with Crippen LogP contribution in [0.2, 0.25) is 5.02 Å². The number of nitrogens with one attached hydrogen (secondary N) is 1. The molecule has 0 unspecified atom stereocenters. The molecule has 0 aliphatic carbocycles. The lowest BCUT2D eigenvalue weighted by molar-refractivity contribution is 0.669. The van der Waals surface area contributed by atoms with Crippen molar-refractivity contribution in [2.75, 3.05) is 11.9 Å². The van der Waals surface area contributed by atoms with Crippen LogP contribution in [0.4, 0.5) is 5.69 Å². The third-order valence-corrected chi connectivity index (χ3v) is 2.86. The molecule has 0 fully saturated rings. The van der Waals surface area contributed by atoms with E-state index in [9.17, 15) is 4.79 Å². The van der Waals surface area contributed by atoms with E-state index in [0.29, 0.717) is 18.1 Å². The molecule has 1 heterocycles. The molecule has 0 aliphatic heterocycles. The number of rotatable bonds is 4. The Morgan fingerprint density at radius 3 is 2.94 bits per heavy atom. The van der Waals surface area contributed by atoms with Crippen molar-refractivity contribution >= 4 is 17.3 Å². The number of nitrogens with zero attached hydrogens (tertiary/aromatic N) is 2. The monoisotopic (exact) mass is 263 g/mol. The van der Waals surface area contributed by atoms with E-state index >= 15 is 0 Å². The summed E-state index contributed by atoms with van der Waals surface area (Å²) in [6.45, 7) is 3.08. The van der Waals surface area contributed by atoms with Crippen LogP contribution in [-0.4, -0.2) is 16.1 Å². The number of anilines is 1. The van der Waals surface area contributed by atoms with E-state index in [1.54, 1.807) is 17.0 Å². The van der Waals surface area contributed by atoms with Crippen molar-refractivity contribution in [2.24, 2.45) is 0 Å². The smallest absolute Gasteiger partial charge is 0.347 e. The molecule has 0 aliphatic rings. The van der Waals surface area contributed by atoms with Gasteiger partial charge in [-0.15, -0.1) is 0 Å². The highest BCUT2D eigenvalue weighted by molar-refractivity contribution is 6.33. The van der Waals surface area contributed by atoms with Crippen molar-refractivity contribution in [3.05, 3.63) is 57.7 Å². The van der Waals surface area contributed by atoms with E-state index in [2.05, 4.69) is 10.3 Å². The molecule has 1 N–H and O–H groups in total. The van der Waals surface area contributed by atoms with E-state index in [-0.39, 0.29) is 5.69 Å². The number of benzene rings is 1. The molecule has 2 aromatic rings. The summed E-state index contributed by atoms with van der Waals surface area (Å²) in [6, 6.07) is 7.51.